The van der Waals surface area contributed by atoms with E-state index in [4.69, 9.17) is 12.6 Å². The predicted molar refractivity (Wildman–Crippen MR) is 120 cm³/mol. The number of rotatable bonds is 2. The molecule has 0 saturated carbocycles. The Morgan fingerprint density at radius 2 is 1.59 bits per heavy atom. The minimum atomic E-state index is -2.44. The molecule has 142 valence electrons. The molecule has 2 heteroatoms. The first-order valence-electron chi connectivity index (χ1n) is 12.5. The monoisotopic (exact) mass is 384 g/mol. The summed E-state index contributed by atoms with van der Waals surface area (Å²) in [7, 11) is 1.80. The fourth-order valence-corrected chi connectivity index (χ4v) is 4.04. The second-order valence-electron chi connectivity index (χ2n) is 7.37. The Morgan fingerprint density at radius 1 is 0.793 bits per heavy atom. The molecule has 0 saturated heterocycles. The number of aryl methyl sites for hydroxylation is 4. The van der Waals surface area contributed by atoms with Gasteiger partial charge in [0.1, 0.15) is 18.2 Å². The zero-order valence-corrected chi connectivity index (χ0v) is 16.3. The largest absolute Gasteiger partial charge is 0.455 e. The summed E-state index contributed by atoms with van der Waals surface area (Å²) in [5, 5.41) is 1.96. The van der Waals surface area contributed by atoms with E-state index in [1.54, 1.807) is 42.1 Å². The molecule has 3 aromatic carbocycles. The van der Waals surface area contributed by atoms with Crippen LogP contribution in [0, 0.1) is 20.6 Å². The number of fused-ring (bicyclic) bond motifs is 3. The average molecular weight is 385 g/mol. The standard InChI is InChI=1S/C27H24NO/c1-17-9-5-6-10-20(17)23-15-24(28(4)16-19(23)3)26-18(2)13-14-22-21-11-7-8-12-25(21)29-27(22)26/h5-16H,1-4H3/q+1/i1D3,3D3. The van der Waals surface area contributed by atoms with Gasteiger partial charge in [0.15, 0.2) is 6.20 Å². The summed E-state index contributed by atoms with van der Waals surface area (Å²) in [4.78, 5) is 0. The average Bonchev–Trinajstić information content (AvgIpc) is 3.16. The second-order valence-corrected chi connectivity index (χ2v) is 7.37. The van der Waals surface area contributed by atoms with Gasteiger partial charge in [-0.3, -0.25) is 0 Å². The molecular weight excluding hydrogens is 354 g/mol. The summed E-state index contributed by atoms with van der Waals surface area (Å²) in [6, 6.07) is 20.2. The van der Waals surface area contributed by atoms with Crippen LogP contribution in [0.2, 0.25) is 0 Å². The molecule has 0 fully saturated rings. The molecule has 0 radical (unpaired) electrons. The maximum absolute atomic E-state index is 8.17. The maximum atomic E-state index is 8.17. The van der Waals surface area contributed by atoms with Gasteiger partial charge in [0, 0.05) is 30.6 Å². The highest BCUT2D eigenvalue weighted by Crippen LogP contribution is 2.38. The summed E-state index contributed by atoms with van der Waals surface area (Å²) >= 11 is 0. The van der Waals surface area contributed by atoms with Crippen molar-refractivity contribution < 1.29 is 17.2 Å². The molecule has 29 heavy (non-hydrogen) atoms. The Morgan fingerprint density at radius 3 is 2.45 bits per heavy atom. The van der Waals surface area contributed by atoms with E-state index in [1.165, 1.54) is 6.07 Å². The molecule has 0 aliphatic heterocycles. The van der Waals surface area contributed by atoms with Crippen molar-refractivity contribution in [2.24, 2.45) is 7.05 Å². The van der Waals surface area contributed by atoms with Crippen LogP contribution >= 0.6 is 0 Å². The lowest BCUT2D eigenvalue weighted by molar-refractivity contribution is -0.660. The number of hydrogen-bond donors (Lipinski definition) is 0. The summed E-state index contributed by atoms with van der Waals surface area (Å²) in [6.45, 7) is -2.85. The first-order chi connectivity index (χ1) is 16.5. The van der Waals surface area contributed by atoms with Crippen molar-refractivity contribution in [3.05, 3.63) is 89.6 Å². The molecule has 5 rings (SSSR count). The molecule has 0 unspecified atom stereocenters. The second kappa shape index (κ2) is 6.59. The minimum Gasteiger partial charge on any atom is -0.455 e. The van der Waals surface area contributed by atoms with Crippen LogP contribution in [0.15, 0.2) is 77.3 Å². The van der Waals surface area contributed by atoms with Crippen molar-refractivity contribution >= 4 is 21.9 Å². The number of pyridine rings is 1. The van der Waals surface area contributed by atoms with Crippen molar-refractivity contribution in [3.8, 4) is 22.4 Å². The summed E-state index contributed by atoms with van der Waals surface area (Å²) in [5.74, 6) is 0. The van der Waals surface area contributed by atoms with Crippen molar-refractivity contribution in [1.82, 2.24) is 0 Å². The van der Waals surface area contributed by atoms with Gasteiger partial charge in [-0.2, -0.15) is 0 Å². The highest BCUT2D eigenvalue weighted by Gasteiger charge is 2.22. The molecule has 0 bridgehead atoms. The highest BCUT2D eigenvalue weighted by atomic mass is 16.3. The van der Waals surface area contributed by atoms with Gasteiger partial charge in [0.25, 0.3) is 0 Å². The van der Waals surface area contributed by atoms with Gasteiger partial charge >= 0.3 is 0 Å². The van der Waals surface area contributed by atoms with Crippen molar-refractivity contribution in [3.63, 3.8) is 0 Å². The van der Waals surface area contributed by atoms with E-state index < -0.39 is 13.7 Å². The van der Waals surface area contributed by atoms with Gasteiger partial charge in [-0.05, 0) is 48.9 Å². The van der Waals surface area contributed by atoms with Crippen LogP contribution in [-0.2, 0) is 7.05 Å². The van der Waals surface area contributed by atoms with Crippen LogP contribution in [0.3, 0.4) is 0 Å². The van der Waals surface area contributed by atoms with Crippen molar-refractivity contribution in [2.45, 2.75) is 20.6 Å². The Balaban J connectivity index is 1.88. The van der Waals surface area contributed by atoms with E-state index in [0.29, 0.717) is 16.7 Å². The van der Waals surface area contributed by atoms with Crippen LogP contribution in [0.4, 0.5) is 0 Å². The fourth-order valence-electron chi connectivity index (χ4n) is 4.04. The Labute approximate surface area is 179 Å². The molecule has 0 aliphatic rings. The van der Waals surface area contributed by atoms with Crippen LogP contribution < -0.4 is 4.57 Å². The van der Waals surface area contributed by atoms with Gasteiger partial charge in [0.05, 0.1) is 5.56 Å². The third-order valence-electron chi connectivity index (χ3n) is 5.50. The Bertz CT molecular complexity index is 1590. The summed E-state index contributed by atoms with van der Waals surface area (Å²) in [6.07, 6.45) is 1.58. The van der Waals surface area contributed by atoms with E-state index in [-0.39, 0.29) is 11.1 Å². The topological polar surface area (TPSA) is 17.0 Å². The summed E-state index contributed by atoms with van der Waals surface area (Å²) in [5.41, 5.74) is 4.97. The number of hydrogen-bond acceptors (Lipinski definition) is 1. The van der Waals surface area contributed by atoms with Gasteiger partial charge in [0.2, 0.25) is 5.69 Å². The smallest absolute Gasteiger partial charge is 0.216 e. The van der Waals surface area contributed by atoms with Crippen molar-refractivity contribution in [2.75, 3.05) is 0 Å². The number of para-hydroxylation sites is 1. The highest BCUT2D eigenvalue weighted by molar-refractivity contribution is 6.09. The molecule has 0 amide bonds. The molecule has 2 aromatic heterocycles. The van der Waals surface area contributed by atoms with Gasteiger partial charge in [-0.25, -0.2) is 4.57 Å². The minimum absolute atomic E-state index is 0.0925. The lowest BCUT2D eigenvalue weighted by Gasteiger charge is -2.12. The van der Waals surface area contributed by atoms with E-state index in [0.717, 1.165) is 33.2 Å². The third-order valence-corrected chi connectivity index (χ3v) is 5.50. The lowest BCUT2D eigenvalue weighted by Crippen LogP contribution is -2.31. The molecular formula is C27H24NO+. The first-order valence-corrected chi connectivity index (χ1v) is 9.52. The number of nitrogens with zero attached hydrogens (tertiary/aromatic N) is 1. The predicted octanol–water partition coefficient (Wildman–Crippen LogP) is 6.67. The molecule has 0 aliphatic carbocycles. The first kappa shape index (κ1) is 12.2. The molecule has 5 aromatic rings. The van der Waals surface area contributed by atoms with E-state index in [1.807, 2.05) is 43.3 Å². The number of aromatic nitrogens is 1. The van der Waals surface area contributed by atoms with E-state index >= 15 is 0 Å². The molecule has 2 heterocycles. The zero-order chi connectivity index (χ0) is 25.1. The van der Waals surface area contributed by atoms with Crippen LogP contribution in [0.5, 0.6) is 0 Å². The van der Waals surface area contributed by atoms with Crippen LogP contribution in [-0.4, -0.2) is 0 Å². The van der Waals surface area contributed by atoms with E-state index in [2.05, 4.69) is 0 Å². The Hall–Kier alpha value is -3.39. The fraction of sp³-hybridized carbons (Fsp3) is 0.148. The third kappa shape index (κ3) is 2.75. The van der Waals surface area contributed by atoms with Crippen molar-refractivity contribution in [1.29, 1.82) is 0 Å². The lowest BCUT2D eigenvalue weighted by atomic mass is 9.94. The Kier molecular flexibility index (Phi) is 2.78. The van der Waals surface area contributed by atoms with Gasteiger partial charge in [-0.1, -0.05) is 54.6 Å². The van der Waals surface area contributed by atoms with Gasteiger partial charge < -0.3 is 4.42 Å². The van der Waals surface area contributed by atoms with Crippen LogP contribution in [0.1, 0.15) is 24.9 Å². The molecule has 0 spiro atoms. The maximum Gasteiger partial charge on any atom is 0.216 e. The van der Waals surface area contributed by atoms with E-state index in [9.17, 15) is 0 Å². The zero-order valence-electron chi connectivity index (χ0n) is 22.3. The molecule has 0 atom stereocenters. The summed E-state index contributed by atoms with van der Waals surface area (Å²) < 4.78 is 56.6. The molecule has 2 nitrogen and oxygen atoms in total. The van der Waals surface area contributed by atoms with Crippen LogP contribution in [0.25, 0.3) is 44.3 Å². The number of benzene rings is 3. The normalized spacial score (nSPS) is 15.4. The molecule has 0 N–H and O–H groups in total. The van der Waals surface area contributed by atoms with Gasteiger partial charge in [-0.15, -0.1) is 0 Å². The SMILES string of the molecule is [2H]C([2H])([2H])c1ccccc1-c1cc(-c2c(C)ccc3c2oc2ccccc23)[n+](C)cc1C([2H])([2H])[2H]. The quantitative estimate of drug-likeness (QED) is 0.311. The number of furan rings is 1.